The van der Waals surface area contributed by atoms with Gasteiger partial charge in [0, 0.05) is 136 Å². The van der Waals surface area contributed by atoms with Gasteiger partial charge in [-0.1, -0.05) is 50.0 Å². The van der Waals surface area contributed by atoms with Crippen molar-refractivity contribution in [1.29, 1.82) is 0 Å². The summed E-state index contributed by atoms with van der Waals surface area (Å²) >= 11 is 0. The lowest BCUT2D eigenvalue weighted by Crippen LogP contribution is -2.53. The van der Waals surface area contributed by atoms with Crippen LogP contribution in [0.15, 0.2) is 0 Å². The molecular weight excluding hydrogens is 1290 g/mol. The SMILES string of the molecule is C.C.C.C.C1C2CC3CC1CN(C2)C3.CCN1CC2CC1CO2.CCN1CC2CCC1C2.CCOC.CCOC12CC3CC(CC(C3)C1)C2.CCOC1C2CCC1CC2.CCOC1CC2CCC1C2.CCOC1CC2CCCC(C1)N2C.CCOC1CC2CCN1CC2.CCOC1CC2CCN1CC2. The molecule has 0 aromatic heterocycles. The molecule has 0 spiro atoms. The molecule has 14 heterocycles. The van der Waals surface area contributed by atoms with Crippen molar-refractivity contribution in [3.63, 3.8) is 0 Å². The smallest absolute Gasteiger partial charge is 0.110 e. The van der Waals surface area contributed by atoms with Crippen LogP contribution in [0.1, 0.15) is 297 Å². The highest BCUT2D eigenvalue weighted by molar-refractivity contribution is 5.03. The lowest BCUT2D eigenvalue weighted by atomic mass is 9.54. The fourth-order valence-corrected chi connectivity index (χ4v) is 25.0. The Kier molecular flexibility index (Phi) is 40.1. The van der Waals surface area contributed by atoms with Crippen molar-refractivity contribution in [3.05, 3.63) is 0 Å². The van der Waals surface area contributed by atoms with Crippen LogP contribution in [-0.2, 0) is 37.9 Å². The summed E-state index contributed by atoms with van der Waals surface area (Å²) in [4.78, 5) is 15.4. The lowest BCUT2D eigenvalue weighted by Gasteiger charge is -2.56. The largest absolute Gasteiger partial charge is 0.385 e. The normalized spacial score (nSPS) is 42.5. The molecule has 11 atom stereocenters. The number of morpholine rings is 1. The Morgan fingerprint density at radius 1 is 0.365 bits per heavy atom. The van der Waals surface area contributed by atoms with Gasteiger partial charge in [0.05, 0.1) is 36.6 Å². The molecule has 0 N–H and O–H groups in total. The molecule has 11 unspecified atom stereocenters. The topological polar surface area (TPSA) is 93.3 Å². The van der Waals surface area contributed by atoms with Crippen molar-refractivity contribution < 1.29 is 37.9 Å². The molecule has 0 radical (unpaired) electrons. The molecular formula is C90H174N6O8. The van der Waals surface area contributed by atoms with Crippen molar-refractivity contribution >= 4 is 0 Å². The van der Waals surface area contributed by atoms with Gasteiger partial charge in [-0.25, -0.2) is 0 Å². The maximum atomic E-state index is 6.04. The zero-order chi connectivity index (χ0) is 70.0. The minimum Gasteiger partial charge on any atom is -0.385 e. The molecule has 104 heavy (non-hydrogen) atoms. The standard InChI is InChI=1S/C12H20O.C11H21NO.2C9H17NO.C9H15N.2C9H16O.C8H15N.C7H13NO.C3H8O.4CH4/c1-2-13-12-6-9-3-10(7-12)5-11(4-9)8-12;1-3-13-11-7-9-5-4-6-10(8-11)12(9)2;2*1-2-11-9-7-8-3-5-10(9)6-4-8;1-7-2-9-3-8(1)5-10(4-7)6-9;1-2-10-9-6-7-3-4-8(9)5-7;1-2-10-9-7-3-4-8(9)6-5-7;1-2-9-6-7-3-4-8(9)5-7;1-2-8-4-7-3-6(8)5-9-7;1-3-4-2;;;;/h9-11H,2-8H2,1H3;9-11H,3-8H2,1-2H3;2*8-9H,2-7H2,1H3;7-9H,1-6H2;2*7-9H,2-6H2,1H3;7-8H,2-6H2,1H3;6-7H,2-5H2,1H3;3H2,1-2H3;4*1H4. The molecule has 14 heteroatoms. The van der Waals surface area contributed by atoms with E-state index in [1.54, 1.807) is 26.4 Å². The van der Waals surface area contributed by atoms with Crippen LogP contribution < -0.4 is 0 Å². The fraction of sp³-hybridized carbons (Fsp3) is 1.00. The number of hydrogen-bond acceptors (Lipinski definition) is 14. The van der Waals surface area contributed by atoms with Crippen LogP contribution >= 0.6 is 0 Å². The van der Waals surface area contributed by atoms with Crippen molar-refractivity contribution in [1.82, 2.24) is 29.4 Å². The Bertz CT molecular complexity index is 2070. The summed E-state index contributed by atoms with van der Waals surface area (Å²) < 4.78 is 44.4. The number of rotatable bonds is 15. The first-order chi connectivity index (χ1) is 48.8. The van der Waals surface area contributed by atoms with Crippen molar-refractivity contribution in [3.8, 4) is 0 Å². The van der Waals surface area contributed by atoms with E-state index in [4.69, 9.17) is 33.2 Å². The highest BCUT2D eigenvalue weighted by Crippen LogP contribution is 2.57. The molecule has 10 aliphatic carbocycles. The first-order valence-corrected chi connectivity index (χ1v) is 44.1. The summed E-state index contributed by atoms with van der Waals surface area (Å²) in [6.45, 7) is 40.7. The van der Waals surface area contributed by atoms with E-state index in [0.29, 0.717) is 42.5 Å². The van der Waals surface area contributed by atoms with Crippen LogP contribution in [0.3, 0.4) is 0 Å². The van der Waals surface area contributed by atoms with Gasteiger partial charge in [0.2, 0.25) is 0 Å². The molecule has 24 aliphatic rings. The molecule has 10 saturated carbocycles. The minimum atomic E-state index is 0. The van der Waals surface area contributed by atoms with E-state index in [2.05, 4.69) is 96.6 Å². The first kappa shape index (κ1) is 90.6. The lowest BCUT2D eigenvalue weighted by molar-refractivity contribution is -0.159. The summed E-state index contributed by atoms with van der Waals surface area (Å²) in [6, 6.07) is 3.37. The summed E-state index contributed by atoms with van der Waals surface area (Å²) in [5.74, 6) is 13.2. The Hall–Kier alpha value is -0.560. The molecule has 22 bridgehead atoms. The molecule has 14 saturated heterocycles. The third-order valence-electron chi connectivity index (χ3n) is 29.4. The Balaban J connectivity index is 0.000000162. The fourth-order valence-electron chi connectivity index (χ4n) is 25.0. The van der Waals surface area contributed by atoms with Crippen LogP contribution in [0.4, 0.5) is 0 Å². The van der Waals surface area contributed by atoms with Crippen LogP contribution in [-0.4, -0.2) is 235 Å². The van der Waals surface area contributed by atoms with Crippen molar-refractivity contribution in [2.75, 3.05) is 139 Å². The van der Waals surface area contributed by atoms with E-state index in [-0.39, 0.29) is 29.7 Å². The van der Waals surface area contributed by atoms with Gasteiger partial charge in [0.15, 0.2) is 0 Å². The third-order valence-corrected chi connectivity index (χ3v) is 29.4. The summed E-state index contributed by atoms with van der Waals surface area (Å²) in [5, 5.41) is 0. The Morgan fingerprint density at radius 2 is 0.837 bits per heavy atom. The van der Waals surface area contributed by atoms with Crippen molar-refractivity contribution in [2.24, 2.45) is 76.9 Å². The molecule has 0 aromatic rings. The molecule has 612 valence electrons. The molecule has 0 amide bonds. The number of methoxy groups -OCH3 is 1. The number of likely N-dealkylation sites (N-methyl/N-ethyl adjacent to an activating group) is 1. The van der Waals surface area contributed by atoms with Gasteiger partial charge in [-0.15, -0.1) is 0 Å². The van der Waals surface area contributed by atoms with Crippen LogP contribution in [0, 0.1) is 76.9 Å². The number of ether oxygens (including phenoxy) is 8. The average Bonchev–Trinajstić information content (AvgIpc) is 1.19. The molecule has 14 nitrogen and oxygen atoms in total. The number of fused-ring (bicyclic) bond motifs is 16. The van der Waals surface area contributed by atoms with Gasteiger partial charge in [-0.2, -0.15) is 0 Å². The van der Waals surface area contributed by atoms with Gasteiger partial charge in [-0.05, 0) is 345 Å². The second-order valence-electron chi connectivity index (χ2n) is 36.0. The first-order valence-electron chi connectivity index (χ1n) is 44.1. The number of piperidine rings is 12. The monoisotopic (exact) mass is 1470 g/mol. The summed E-state index contributed by atoms with van der Waals surface area (Å²) in [5.41, 5.74) is 0.351. The maximum absolute atomic E-state index is 6.04. The minimum absolute atomic E-state index is 0. The van der Waals surface area contributed by atoms with Gasteiger partial charge in [0.1, 0.15) is 12.5 Å². The van der Waals surface area contributed by atoms with Crippen LogP contribution in [0.25, 0.3) is 0 Å². The number of hydrogen-bond donors (Lipinski definition) is 0. The van der Waals surface area contributed by atoms with E-state index in [9.17, 15) is 0 Å². The highest BCUT2D eigenvalue weighted by atomic mass is 16.5. The van der Waals surface area contributed by atoms with E-state index in [1.165, 1.54) is 258 Å². The molecule has 0 aromatic carbocycles. The average molecular weight is 1470 g/mol. The van der Waals surface area contributed by atoms with E-state index in [1.807, 2.05) is 6.92 Å². The van der Waals surface area contributed by atoms with Gasteiger partial charge >= 0.3 is 0 Å². The van der Waals surface area contributed by atoms with E-state index in [0.717, 1.165) is 154 Å². The van der Waals surface area contributed by atoms with E-state index < -0.39 is 0 Å². The maximum Gasteiger partial charge on any atom is 0.110 e. The second kappa shape index (κ2) is 46.0. The zero-order valence-electron chi connectivity index (χ0n) is 66.8. The van der Waals surface area contributed by atoms with Gasteiger partial charge < -0.3 is 52.6 Å². The zero-order valence-corrected chi connectivity index (χ0v) is 66.8. The quantitative estimate of drug-likeness (QED) is 0.156. The summed E-state index contributed by atoms with van der Waals surface area (Å²) in [7, 11) is 3.97. The third kappa shape index (κ3) is 25.2. The Labute approximate surface area is 644 Å². The van der Waals surface area contributed by atoms with Crippen molar-refractivity contribution in [2.45, 2.75) is 364 Å². The van der Waals surface area contributed by atoms with Gasteiger partial charge in [-0.3, -0.25) is 14.7 Å². The van der Waals surface area contributed by atoms with Gasteiger partial charge in [0.25, 0.3) is 0 Å². The number of likely N-dealkylation sites (tertiary alicyclic amines) is 2. The van der Waals surface area contributed by atoms with Crippen LogP contribution in [0.2, 0.25) is 0 Å². The summed E-state index contributed by atoms with van der Waals surface area (Å²) in [6.07, 6.45) is 49.0. The van der Waals surface area contributed by atoms with Crippen LogP contribution in [0.5, 0.6) is 0 Å². The molecule has 24 rings (SSSR count). The Morgan fingerprint density at radius 3 is 1.17 bits per heavy atom. The predicted molar refractivity (Wildman–Crippen MR) is 436 cm³/mol. The van der Waals surface area contributed by atoms with E-state index >= 15 is 0 Å². The highest BCUT2D eigenvalue weighted by Gasteiger charge is 2.52. The molecule has 24 fully saturated rings. The molecule has 14 aliphatic heterocycles. The second-order valence-corrected chi connectivity index (χ2v) is 36.0. The predicted octanol–water partition coefficient (Wildman–Crippen LogP) is 18.9. The number of nitrogens with zero attached hydrogens (tertiary/aromatic N) is 6.